The summed E-state index contributed by atoms with van der Waals surface area (Å²) in [5, 5.41) is 59.0. The molecule has 3 aliphatic heterocycles. The first-order chi connectivity index (χ1) is 39.5. The zero-order valence-corrected chi connectivity index (χ0v) is 44.9. The third kappa shape index (κ3) is 16.3. The second kappa shape index (κ2) is 28.6. The molecule has 82 heavy (non-hydrogen) atoms. The van der Waals surface area contributed by atoms with Crippen LogP contribution in [0.3, 0.4) is 0 Å². The van der Waals surface area contributed by atoms with Crippen molar-refractivity contribution >= 4 is 76.3 Å². The molecule has 2 fully saturated rings. The molecule has 0 spiro atoms. The molecule has 0 bridgehead atoms. The molecule has 0 unspecified atom stereocenters. The Labute approximate surface area is 473 Å². The van der Waals surface area contributed by atoms with E-state index in [1.165, 1.54) is 38.9 Å². The molecule has 9 N–H and O–H groups in total. The number of likely N-dealkylation sites (tertiary alicyclic amines) is 2. The van der Waals surface area contributed by atoms with Gasteiger partial charge in [0.15, 0.2) is 6.10 Å². The largest absolute Gasteiger partial charge is 0.479 e. The van der Waals surface area contributed by atoms with Crippen LogP contribution in [0.1, 0.15) is 48.0 Å². The number of nitrogens with one attached hydrogen (secondary N) is 5. The number of carboxylic acids is 1. The summed E-state index contributed by atoms with van der Waals surface area (Å²) in [4.78, 5) is 103. The van der Waals surface area contributed by atoms with Gasteiger partial charge in [-0.25, -0.2) is 19.1 Å². The van der Waals surface area contributed by atoms with Crippen LogP contribution < -0.4 is 31.3 Å². The van der Waals surface area contributed by atoms with Crippen molar-refractivity contribution in [2.75, 3.05) is 88.3 Å². The third-order valence-corrected chi connectivity index (χ3v) is 13.8. The molecule has 2 saturated heterocycles. The molecule has 1 aromatic heterocycles. The Morgan fingerprint density at radius 1 is 0.744 bits per heavy atom. The summed E-state index contributed by atoms with van der Waals surface area (Å²) in [7, 11) is 0. The lowest BCUT2D eigenvalue weighted by atomic mass is 9.97. The molecule has 4 aliphatic rings. The minimum absolute atomic E-state index is 0.0163. The van der Waals surface area contributed by atoms with E-state index < -0.39 is 60.6 Å². The summed E-state index contributed by atoms with van der Waals surface area (Å²) in [6, 6.07) is 17.3. The van der Waals surface area contributed by atoms with Gasteiger partial charge in [0.05, 0.1) is 86.4 Å². The van der Waals surface area contributed by atoms with E-state index >= 15 is 0 Å². The number of benzene rings is 3. The molecule has 28 heteroatoms. The third-order valence-electron chi connectivity index (χ3n) is 13.4. The number of halogens is 1. The minimum atomic E-state index is -1.98. The SMILES string of the molecule is O=C(CCOCCOCCOCCN1C(=O)C2=C(C2)C1=O)NCCC(=O)Nc1cc(COC(=O)N2CCC(CNC(=O)c3cccc(-n4cc(NC(=O)Nc5ccccc5Cl)cn4)c3)CC2)ccc1O[C@@H]1O[C@H](C(=O)O)[C@@H](O)[C@H](O)[C@H]1O. The number of piperidine rings is 2. The monoisotopic (exact) mass is 1160 g/mol. The number of aliphatic hydroxyl groups excluding tert-OH is 3. The first-order valence-corrected chi connectivity index (χ1v) is 26.7. The normalized spacial score (nSPS) is 19.5. The molecule has 0 saturated carbocycles. The van der Waals surface area contributed by atoms with Crippen LogP contribution in [0.2, 0.25) is 5.02 Å². The lowest BCUT2D eigenvalue weighted by molar-refractivity contribution is -0.271. The highest BCUT2D eigenvalue weighted by molar-refractivity contribution is 6.33. The number of anilines is 3. The van der Waals surface area contributed by atoms with E-state index in [1.807, 2.05) is 0 Å². The van der Waals surface area contributed by atoms with Crippen molar-refractivity contribution in [2.24, 2.45) is 5.92 Å². The molecular weight excluding hydrogens is 1100 g/mol. The Morgan fingerprint density at radius 2 is 1.46 bits per heavy atom. The standard InChI is InChI=1S/C54H62ClN9O18/c55-38-6-1-2-7-39(38)61-53(75)59-34-28-58-64(29-34)35-5-3-4-33(25-35)48(70)57-27-31-11-15-62(16-12-31)54(76)80-30-32-8-9-41(81-52-46(69)44(67)45(68)47(82-52)51(73)74)40(24-32)60-43(66)10-14-56-42(65)13-18-77-20-22-79-23-21-78-19-17-63-49(71)36-26-37(36)50(63)72/h1-9,24-25,28-29,31,44-47,52,67-69H,10-23,26-27,30H2,(H,56,65)(H,57,70)(H,60,66)(H,73,74)(H2,59,61,75)/t44-,45-,46+,47-,52+/m0/s1. The predicted octanol–water partition coefficient (Wildman–Crippen LogP) is 2.17. The van der Waals surface area contributed by atoms with Gasteiger partial charge in [0.1, 0.15) is 30.7 Å². The van der Waals surface area contributed by atoms with Crippen LogP contribution in [0.25, 0.3) is 5.69 Å². The van der Waals surface area contributed by atoms with E-state index in [-0.39, 0.29) is 107 Å². The Morgan fingerprint density at radius 3 is 2.20 bits per heavy atom. The fourth-order valence-electron chi connectivity index (χ4n) is 8.84. The van der Waals surface area contributed by atoms with Crippen LogP contribution in [0.5, 0.6) is 5.75 Å². The van der Waals surface area contributed by atoms with E-state index in [4.69, 9.17) is 40.0 Å². The number of ether oxygens (including phenoxy) is 6. The Kier molecular flexibility index (Phi) is 21.0. The van der Waals surface area contributed by atoms with Gasteiger partial charge in [-0.15, -0.1) is 0 Å². The molecule has 0 radical (unpaired) electrons. The Hall–Kier alpha value is -8.02. The number of carbonyl (C=O) groups is 8. The molecule has 3 aromatic carbocycles. The van der Waals surface area contributed by atoms with Crippen LogP contribution in [0, 0.1) is 5.92 Å². The number of amides is 8. The maximum atomic E-state index is 13.3. The highest BCUT2D eigenvalue weighted by Gasteiger charge is 2.49. The average molecular weight is 1160 g/mol. The fourth-order valence-corrected chi connectivity index (χ4v) is 9.03. The topological polar surface area (TPSA) is 357 Å². The Bertz CT molecular complexity index is 3000. The molecule has 1 aliphatic carbocycles. The number of hydrogen-bond acceptors (Lipinski definition) is 18. The van der Waals surface area contributed by atoms with Crippen molar-refractivity contribution in [3.63, 3.8) is 0 Å². The quantitative estimate of drug-likeness (QED) is 0.0305. The van der Waals surface area contributed by atoms with Gasteiger partial charge in [0.25, 0.3) is 17.7 Å². The van der Waals surface area contributed by atoms with Gasteiger partial charge in [-0.05, 0) is 66.8 Å². The number of carboxylic acid groups (broad SMARTS) is 1. The number of hydrogen-bond donors (Lipinski definition) is 9. The summed E-state index contributed by atoms with van der Waals surface area (Å²) in [6.45, 7) is 2.03. The van der Waals surface area contributed by atoms with Crippen molar-refractivity contribution in [3.8, 4) is 11.4 Å². The molecule has 4 heterocycles. The first kappa shape index (κ1) is 60.1. The van der Waals surface area contributed by atoms with Crippen LogP contribution in [0.4, 0.5) is 26.7 Å². The fraction of sp³-hybridized carbons (Fsp3) is 0.426. The van der Waals surface area contributed by atoms with Crippen LogP contribution in [-0.2, 0) is 54.3 Å². The summed E-state index contributed by atoms with van der Waals surface area (Å²) < 4.78 is 34.5. The lowest BCUT2D eigenvalue weighted by Gasteiger charge is -2.38. The molecule has 8 amide bonds. The van der Waals surface area contributed by atoms with Crippen molar-refractivity contribution in [1.82, 2.24) is 30.2 Å². The minimum Gasteiger partial charge on any atom is -0.479 e. The number of urea groups is 1. The number of nitrogens with zero attached hydrogens (tertiary/aromatic N) is 4. The van der Waals surface area contributed by atoms with Crippen LogP contribution in [0.15, 0.2) is 90.3 Å². The summed E-state index contributed by atoms with van der Waals surface area (Å²) in [5.41, 5.74) is 3.33. The molecule has 27 nitrogen and oxygen atoms in total. The van der Waals surface area contributed by atoms with Crippen molar-refractivity contribution < 1.29 is 87.2 Å². The van der Waals surface area contributed by atoms with Gasteiger partial charge in [0.2, 0.25) is 18.1 Å². The van der Waals surface area contributed by atoms with Crippen molar-refractivity contribution in [2.45, 2.75) is 69.4 Å². The number of para-hydroxylation sites is 1. The van der Waals surface area contributed by atoms with E-state index in [0.29, 0.717) is 83.3 Å². The van der Waals surface area contributed by atoms with Gasteiger partial charge in [-0.2, -0.15) is 5.10 Å². The number of imide groups is 1. The van der Waals surface area contributed by atoms with Gasteiger partial charge in [0, 0.05) is 62.2 Å². The van der Waals surface area contributed by atoms with Crippen molar-refractivity contribution in [1.29, 1.82) is 0 Å². The number of rotatable bonds is 27. The van der Waals surface area contributed by atoms with E-state index in [1.54, 1.807) is 54.7 Å². The highest BCUT2D eigenvalue weighted by atomic mass is 35.5. The molecule has 5 atom stereocenters. The van der Waals surface area contributed by atoms with Gasteiger partial charge in [-0.1, -0.05) is 35.9 Å². The van der Waals surface area contributed by atoms with E-state index in [9.17, 15) is 58.8 Å². The van der Waals surface area contributed by atoms with Crippen LogP contribution >= 0.6 is 11.6 Å². The second-order valence-electron chi connectivity index (χ2n) is 19.3. The highest BCUT2D eigenvalue weighted by Crippen LogP contribution is 2.40. The average Bonchev–Trinajstić information content (AvgIpc) is 3.00. The van der Waals surface area contributed by atoms with Gasteiger partial charge < -0.3 is 80.3 Å². The van der Waals surface area contributed by atoms with Gasteiger partial charge in [-0.3, -0.25) is 28.9 Å². The van der Waals surface area contributed by atoms with Crippen molar-refractivity contribution in [3.05, 3.63) is 106 Å². The van der Waals surface area contributed by atoms with Gasteiger partial charge >= 0.3 is 18.1 Å². The Balaban J connectivity index is 0.746. The maximum Gasteiger partial charge on any atom is 0.410 e. The molecule has 8 rings (SSSR count). The van der Waals surface area contributed by atoms with Crippen LogP contribution in [-0.4, -0.2) is 191 Å². The van der Waals surface area contributed by atoms with E-state index in [2.05, 4.69) is 31.7 Å². The maximum absolute atomic E-state index is 13.3. The molecular formula is C54H62ClN9O18. The zero-order valence-electron chi connectivity index (χ0n) is 44.2. The van der Waals surface area contributed by atoms with E-state index in [0.717, 1.165) is 0 Å². The number of aliphatic carboxylic acids is 1. The molecule has 4 aromatic rings. The summed E-state index contributed by atoms with van der Waals surface area (Å²) >= 11 is 6.14. The zero-order chi connectivity index (χ0) is 58.3. The number of aliphatic hydroxyl groups is 3. The number of carbonyl (C=O) groups excluding carboxylic acids is 7. The molecule has 438 valence electrons. The summed E-state index contributed by atoms with van der Waals surface area (Å²) in [6.07, 6.45) is -5.86. The number of aromatic nitrogens is 2. The summed E-state index contributed by atoms with van der Waals surface area (Å²) in [5.74, 6) is -3.55. The first-order valence-electron chi connectivity index (χ1n) is 26.3. The predicted molar refractivity (Wildman–Crippen MR) is 288 cm³/mol. The second-order valence-corrected chi connectivity index (χ2v) is 19.7. The lowest BCUT2D eigenvalue weighted by Crippen LogP contribution is -2.61. The smallest absolute Gasteiger partial charge is 0.410 e.